The number of alkyl halides is 5. The van der Waals surface area contributed by atoms with Crippen LogP contribution < -0.4 is 26.0 Å². The van der Waals surface area contributed by atoms with E-state index in [2.05, 4.69) is 16.0 Å². The third-order valence-corrected chi connectivity index (χ3v) is 8.50. The summed E-state index contributed by atoms with van der Waals surface area (Å²) in [7, 11) is 1.37. The molecule has 10 nitrogen and oxygen atoms in total. The number of amides is 4. The predicted octanol–water partition coefficient (Wildman–Crippen LogP) is 5.29. The fourth-order valence-corrected chi connectivity index (χ4v) is 5.64. The normalized spacial score (nSPS) is 13.5. The van der Waals surface area contributed by atoms with Crippen molar-refractivity contribution in [2.24, 2.45) is 5.92 Å². The van der Waals surface area contributed by atoms with E-state index in [4.69, 9.17) is 27.9 Å². The zero-order chi connectivity index (χ0) is 37.4. The van der Waals surface area contributed by atoms with Crippen molar-refractivity contribution in [1.82, 2.24) is 21.3 Å². The molecule has 18 heteroatoms. The maximum Gasteiger partial charge on any atom is 0.405 e. The van der Waals surface area contributed by atoms with Gasteiger partial charge in [0.2, 0.25) is 17.6 Å². The summed E-state index contributed by atoms with van der Waals surface area (Å²) in [4.78, 5) is 65.7. The van der Waals surface area contributed by atoms with Crippen molar-refractivity contribution in [2.75, 3.05) is 13.7 Å². The molecular formula is C32H31Cl2F5N4O6S. The van der Waals surface area contributed by atoms with Crippen molar-refractivity contribution in [3.63, 3.8) is 0 Å². The van der Waals surface area contributed by atoms with E-state index < -0.39 is 72.1 Å². The van der Waals surface area contributed by atoms with E-state index in [-0.39, 0.29) is 16.9 Å². The van der Waals surface area contributed by atoms with Gasteiger partial charge in [-0.2, -0.15) is 22.0 Å². The summed E-state index contributed by atoms with van der Waals surface area (Å²) in [5.74, 6) is -13.2. The van der Waals surface area contributed by atoms with Crippen LogP contribution in [0.15, 0.2) is 60.7 Å². The molecule has 4 amide bonds. The van der Waals surface area contributed by atoms with Gasteiger partial charge in [0.1, 0.15) is 24.4 Å². The Morgan fingerprint density at radius 1 is 0.860 bits per heavy atom. The van der Waals surface area contributed by atoms with Crippen molar-refractivity contribution >= 4 is 64.0 Å². The lowest BCUT2D eigenvalue weighted by Crippen LogP contribution is -2.58. The highest BCUT2D eigenvalue weighted by atomic mass is 35.5. The lowest BCUT2D eigenvalue weighted by atomic mass is 9.94. The summed E-state index contributed by atoms with van der Waals surface area (Å²) < 4.78 is 72.8. The van der Waals surface area contributed by atoms with Crippen molar-refractivity contribution in [1.29, 1.82) is 0 Å². The van der Waals surface area contributed by atoms with Crippen molar-refractivity contribution in [2.45, 2.75) is 50.5 Å². The average molecular weight is 766 g/mol. The van der Waals surface area contributed by atoms with Gasteiger partial charge in [0.15, 0.2) is 0 Å². The zero-order valence-corrected chi connectivity index (χ0v) is 28.8. The molecule has 3 atom stereocenters. The number of ether oxygens (including phenoxy) is 1. The monoisotopic (exact) mass is 764 g/mol. The number of halogens is 7. The van der Waals surface area contributed by atoms with Gasteiger partial charge in [-0.15, -0.1) is 11.3 Å². The van der Waals surface area contributed by atoms with Crippen LogP contribution in [0.5, 0.6) is 5.75 Å². The van der Waals surface area contributed by atoms with E-state index >= 15 is 0 Å². The molecule has 1 heterocycles. The Labute approximate surface area is 297 Å². The molecule has 0 fully saturated rings. The van der Waals surface area contributed by atoms with Gasteiger partial charge in [-0.1, -0.05) is 61.3 Å². The van der Waals surface area contributed by atoms with Gasteiger partial charge in [-0.05, 0) is 53.4 Å². The third kappa shape index (κ3) is 11.1. The van der Waals surface area contributed by atoms with E-state index in [1.54, 1.807) is 24.3 Å². The van der Waals surface area contributed by atoms with Gasteiger partial charge >= 0.3 is 12.1 Å². The average Bonchev–Trinajstić information content (AvgIpc) is 3.50. The van der Waals surface area contributed by atoms with Crippen molar-refractivity contribution in [3.05, 3.63) is 86.0 Å². The summed E-state index contributed by atoms with van der Waals surface area (Å²) in [6, 6.07) is 9.76. The highest BCUT2D eigenvalue weighted by molar-refractivity contribution is 7.18. The molecule has 0 aliphatic rings. The van der Waals surface area contributed by atoms with Gasteiger partial charge in [-0.25, -0.2) is 0 Å². The molecule has 0 radical (unpaired) electrons. The first-order valence-corrected chi connectivity index (χ1v) is 16.2. The molecule has 0 bridgehead atoms. The minimum atomic E-state index is -5.04. The summed E-state index contributed by atoms with van der Waals surface area (Å²) in [6.45, 7) is 0.382. The largest absolute Gasteiger partial charge is 0.497 e. The van der Waals surface area contributed by atoms with Gasteiger partial charge in [0.25, 0.3) is 11.8 Å². The maximum atomic E-state index is 14.8. The molecule has 3 aromatic rings. The number of nitrogens with one attached hydrogen (secondary N) is 4. The minimum Gasteiger partial charge on any atom is -0.497 e. The van der Waals surface area contributed by atoms with Crippen LogP contribution in [0.3, 0.4) is 0 Å². The number of Topliss-reactive ketones (excluding diaryl/α,β-unsaturated/α-hetero) is 1. The fourth-order valence-electron chi connectivity index (χ4n) is 4.48. The van der Waals surface area contributed by atoms with Crippen LogP contribution in [0.1, 0.15) is 40.7 Å². The molecule has 0 saturated heterocycles. The van der Waals surface area contributed by atoms with Crippen LogP contribution >= 0.6 is 34.5 Å². The Balaban J connectivity index is 1.95. The molecule has 0 saturated carbocycles. The van der Waals surface area contributed by atoms with Crippen LogP contribution in [0.4, 0.5) is 22.0 Å². The quantitative estimate of drug-likeness (QED) is 0.123. The lowest BCUT2D eigenvalue weighted by Gasteiger charge is -2.28. The molecule has 4 N–H and O–H groups in total. The number of methoxy groups -OCH3 is 1. The van der Waals surface area contributed by atoms with E-state index in [1.165, 1.54) is 57.4 Å². The number of rotatable bonds is 15. The molecule has 0 aliphatic heterocycles. The molecule has 0 spiro atoms. The van der Waals surface area contributed by atoms with E-state index in [1.807, 2.05) is 0 Å². The zero-order valence-electron chi connectivity index (χ0n) is 26.5. The summed E-state index contributed by atoms with van der Waals surface area (Å²) in [5, 5.41) is 8.50. The van der Waals surface area contributed by atoms with Gasteiger partial charge < -0.3 is 26.0 Å². The Morgan fingerprint density at radius 2 is 1.52 bits per heavy atom. The molecule has 50 heavy (non-hydrogen) atoms. The molecule has 0 aliphatic carbocycles. The standard InChI is InChI=1S/C32H31Cl2F5N4O6S/c1-16(2)24(26(44)32(38,39)30(48)40-15-31(35,36)37)42-29(47)25(18-7-9-20(49-3)10-8-18)43-27(45)21(14-17-5-4-6-19(33)13-17)41-28(46)22-11-12-23(34)50-22/h4-13,16,21,24-25H,14-15H2,1-3H3,(H,40,48)(H,41,46)(H,42,47)(H,43,45). The Hall–Kier alpha value is -4.28. The van der Waals surface area contributed by atoms with Gasteiger partial charge in [0, 0.05) is 11.4 Å². The lowest BCUT2D eigenvalue weighted by molar-refractivity contribution is -0.165. The van der Waals surface area contributed by atoms with Crippen LogP contribution in [0.25, 0.3) is 0 Å². The SMILES string of the molecule is COc1ccc(C(NC(=O)C(Cc2cccc(Cl)c2)NC(=O)c2ccc(Cl)s2)C(=O)NC(C(=O)C(F)(F)C(=O)NCC(F)(F)F)C(C)C)cc1. The van der Waals surface area contributed by atoms with Gasteiger partial charge in [-0.3, -0.25) is 24.0 Å². The second-order valence-corrected chi connectivity index (χ2v) is 13.3. The second kappa shape index (κ2) is 17.1. The van der Waals surface area contributed by atoms with Gasteiger partial charge in [0.05, 0.1) is 22.4 Å². The summed E-state index contributed by atoms with van der Waals surface area (Å²) >= 11 is 13.0. The molecule has 2 aromatic carbocycles. The third-order valence-electron chi connectivity index (χ3n) is 7.04. The van der Waals surface area contributed by atoms with Crippen LogP contribution in [0, 0.1) is 5.92 Å². The number of carbonyl (C=O) groups is 5. The molecule has 3 rings (SSSR count). The minimum absolute atomic E-state index is 0.0826. The fraction of sp³-hybridized carbons (Fsp3) is 0.344. The van der Waals surface area contributed by atoms with Crippen LogP contribution in [-0.2, 0) is 25.6 Å². The van der Waals surface area contributed by atoms with E-state index in [0.717, 1.165) is 16.7 Å². The number of thiophene rings is 1. The van der Waals surface area contributed by atoms with Crippen molar-refractivity contribution in [3.8, 4) is 5.75 Å². The number of carbonyl (C=O) groups excluding carboxylic acids is 5. The van der Waals surface area contributed by atoms with E-state index in [9.17, 15) is 45.9 Å². The highest BCUT2D eigenvalue weighted by Gasteiger charge is 2.52. The number of ketones is 1. The Bertz CT molecular complexity index is 1700. The topological polar surface area (TPSA) is 143 Å². The number of hydrogen-bond donors (Lipinski definition) is 4. The first-order valence-electron chi connectivity index (χ1n) is 14.6. The van der Waals surface area contributed by atoms with Crippen LogP contribution in [0.2, 0.25) is 9.36 Å². The maximum absolute atomic E-state index is 14.8. The molecule has 3 unspecified atom stereocenters. The highest BCUT2D eigenvalue weighted by Crippen LogP contribution is 2.25. The first kappa shape index (κ1) is 40.2. The summed E-state index contributed by atoms with van der Waals surface area (Å²) in [6.07, 6.45) is -5.16. The Kier molecular flexibility index (Phi) is 13.7. The van der Waals surface area contributed by atoms with Crippen molar-refractivity contribution < 1.29 is 50.7 Å². The van der Waals surface area contributed by atoms with E-state index in [0.29, 0.717) is 20.7 Å². The number of hydrogen-bond acceptors (Lipinski definition) is 7. The van der Waals surface area contributed by atoms with Crippen LogP contribution in [-0.4, -0.2) is 67.2 Å². The number of benzene rings is 2. The molecular weight excluding hydrogens is 734 g/mol. The molecule has 1 aromatic heterocycles. The second-order valence-electron chi connectivity index (χ2n) is 11.1. The summed E-state index contributed by atoms with van der Waals surface area (Å²) in [5.41, 5.74) is 0.600. The Morgan fingerprint density at radius 3 is 2.06 bits per heavy atom. The molecule has 270 valence electrons. The first-order chi connectivity index (χ1) is 23.3. The smallest absolute Gasteiger partial charge is 0.405 e. The predicted molar refractivity (Wildman–Crippen MR) is 175 cm³/mol.